The van der Waals surface area contributed by atoms with Crippen molar-refractivity contribution in [1.29, 1.82) is 0 Å². The van der Waals surface area contributed by atoms with Gasteiger partial charge in [-0.25, -0.2) is 0 Å². The highest BCUT2D eigenvalue weighted by molar-refractivity contribution is 5.29. The minimum Gasteiger partial charge on any atom is -0.508 e. The Hall–Kier alpha value is -1.06. The lowest BCUT2D eigenvalue weighted by Gasteiger charge is -2.18. The van der Waals surface area contributed by atoms with Crippen LogP contribution < -0.4 is 5.32 Å². The maximum Gasteiger partial charge on any atom is 0.115 e. The van der Waals surface area contributed by atoms with Gasteiger partial charge in [0.05, 0.1) is 6.61 Å². The molecule has 0 saturated carbocycles. The summed E-state index contributed by atoms with van der Waals surface area (Å²) in [5.74, 6) is 0.271. The summed E-state index contributed by atoms with van der Waals surface area (Å²) in [6, 6.07) is 7.32. The molecule has 1 aromatic rings. The molecule has 0 spiro atoms. The van der Waals surface area contributed by atoms with Crippen LogP contribution in [-0.4, -0.2) is 22.9 Å². The standard InChI is InChI=1S/C11H17NO2/c1-8(7-13)12-9(2)10-4-3-5-11(14)6-10/h3-6,8-9,12-14H,7H2,1-2H3. The van der Waals surface area contributed by atoms with Gasteiger partial charge >= 0.3 is 0 Å². The quantitative estimate of drug-likeness (QED) is 0.681. The summed E-state index contributed by atoms with van der Waals surface area (Å²) in [6.45, 7) is 4.03. The number of nitrogens with one attached hydrogen (secondary N) is 1. The molecule has 0 saturated heterocycles. The SMILES string of the molecule is CC(CO)NC(C)c1cccc(O)c1. The molecule has 3 N–H and O–H groups in total. The molecule has 3 heteroatoms. The molecule has 2 atom stereocenters. The molecule has 0 aliphatic rings. The zero-order chi connectivity index (χ0) is 10.6. The molecule has 0 aliphatic heterocycles. The van der Waals surface area contributed by atoms with E-state index in [2.05, 4.69) is 5.32 Å². The summed E-state index contributed by atoms with van der Waals surface area (Å²) in [7, 11) is 0. The summed E-state index contributed by atoms with van der Waals surface area (Å²) < 4.78 is 0. The molecular weight excluding hydrogens is 178 g/mol. The Morgan fingerprint density at radius 2 is 2.07 bits per heavy atom. The minimum absolute atomic E-state index is 0.0624. The van der Waals surface area contributed by atoms with Gasteiger partial charge in [0.15, 0.2) is 0 Å². The third-order valence-corrected chi connectivity index (χ3v) is 2.18. The van der Waals surface area contributed by atoms with Crippen LogP contribution in [0.15, 0.2) is 24.3 Å². The van der Waals surface area contributed by atoms with E-state index in [1.165, 1.54) is 0 Å². The number of rotatable bonds is 4. The second-order valence-electron chi connectivity index (χ2n) is 3.57. The van der Waals surface area contributed by atoms with Crippen molar-refractivity contribution in [3.8, 4) is 5.75 Å². The van der Waals surface area contributed by atoms with Crippen molar-refractivity contribution >= 4 is 0 Å². The fourth-order valence-corrected chi connectivity index (χ4v) is 1.37. The molecule has 1 aromatic carbocycles. The summed E-state index contributed by atoms with van der Waals surface area (Å²) in [5, 5.41) is 21.4. The zero-order valence-corrected chi connectivity index (χ0v) is 8.57. The van der Waals surface area contributed by atoms with Gasteiger partial charge in [-0.3, -0.25) is 0 Å². The average molecular weight is 195 g/mol. The van der Waals surface area contributed by atoms with Crippen LogP contribution in [0.5, 0.6) is 5.75 Å². The first kappa shape index (κ1) is 11.0. The number of hydrogen-bond acceptors (Lipinski definition) is 3. The van der Waals surface area contributed by atoms with E-state index in [-0.39, 0.29) is 24.4 Å². The third-order valence-electron chi connectivity index (χ3n) is 2.18. The number of benzene rings is 1. The first-order valence-electron chi connectivity index (χ1n) is 4.79. The van der Waals surface area contributed by atoms with Gasteiger partial charge in [0.25, 0.3) is 0 Å². The number of aliphatic hydroxyl groups is 1. The van der Waals surface area contributed by atoms with Crippen LogP contribution in [0.3, 0.4) is 0 Å². The van der Waals surface area contributed by atoms with Gasteiger partial charge in [-0.1, -0.05) is 12.1 Å². The zero-order valence-electron chi connectivity index (χ0n) is 8.57. The Morgan fingerprint density at radius 1 is 1.36 bits per heavy atom. The summed E-state index contributed by atoms with van der Waals surface area (Å²) in [4.78, 5) is 0. The van der Waals surface area contributed by atoms with Crippen molar-refractivity contribution < 1.29 is 10.2 Å². The molecule has 0 fully saturated rings. The average Bonchev–Trinajstić information content (AvgIpc) is 2.17. The molecule has 0 bridgehead atoms. The molecule has 3 nitrogen and oxygen atoms in total. The summed E-state index contributed by atoms with van der Waals surface area (Å²) in [6.07, 6.45) is 0. The minimum atomic E-state index is 0.0624. The van der Waals surface area contributed by atoms with Gasteiger partial charge in [0.1, 0.15) is 5.75 Å². The molecule has 2 unspecified atom stereocenters. The molecule has 0 aromatic heterocycles. The van der Waals surface area contributed by atoms with Crippen LogP contribution in [0, 0.1) is 0 Å². The second kappa shape index (κ2) is 4.98. The largest absolute Gasteiger partial charge is 0.508 e. The van der Waals surface area contributed by atoms with Crippen molar-refractivity contribution in [1.82, 2.24) is 5.32 Å². The Labute approximate surface area is 84.4 Å². The topological polar surface area (TPSA) is 52.5 Å². The van der Waals surface area contributed by atoms with Gasteiger partial charge in [-0.05, 0) is 31.5 Å². The number of aromatic hydroxyl groups is 1. The highest BCUT2D eigenvalue weighted by Crippen LogP contribution is 2.17. The molecule has 1 rings (SSSR count). The number of phenolic OH excluding ortho intramolecular Hbond substituents is 1. The van der Waals surface area contributed by atoms with E-state index in [0.717, 1.165) is 5.56 Å². The van der Waals surface area contributed by atoms with E-state index in [9.17, 15) is 5.11 Å². The molecule has 0 aliphatic carbocycles. The van der Waals surface area contributed by atoms with Crippen LogP contribution in [0.25, 0.3) is 0 Å². The number of aliphatic hydroxyl groups excluding tert-OH is 1. The predicted molar refractivity (Wildman–Crippen MR) is 56.2 cm³/mol. The van der Waals surface area contributed by atoms with E-state index >= 15 is 0 Å². The van der Waals surface area contributed by atoms with Gasteiger partial charge in [-0.15, -0.1) is 0 Å². The number of hydrogen-bond donors (Lipinski definition) is 3. The maximum atomic E-state index is 9.28. The van der Waals surface area contributed by atoms with Crippen LogP contribution in [-0.2, 0) is 0 Å². The number of phenols is 1. The Morgan fingerprint density at radius 3 is 2.64 bits per heavy atom. The highest BCUT2D eigenvalue weighted by Gasteiger charge is 2.08. The molecule has 0 amide bonds. The van der Waals surface area contributed by atoms with Crippen molar-refractivity contribution in [3.63, 3.8) is 0 Å². The van der Waals surface area contributed by atoms with Gasteiger partial charge in [-0.2, -0.15) is 0 Å². The first-order valence-corrected chi connectivity index (χ1v) is 4.79. The monoisotopic (exact) mass is 195 g/mol. The van der Waals surface area contributed by atoms with Gasteiger partial charge in [0.2, 0.25) is 0 Å². The predicted octanol–water partition coefficient (Wildman–Crippen LogP) is 1.42. The maximum absolute atomic E-state index is 9.28. The van der Waals surface area contributed by atoms with Gasteiger partial charge < -0.3 is 15.5 Å². The Kier molecular flexibility index (Phi) is 3.92. The molecule has 0 radical (unpaired) electrons. The fourth-order valence-electron chi connectivity index (χ4n) is 1.37. The van der Waals surface area contributed by atoms with E-state index in [1.54, 1.807) is 12.1 Å². The Balaban J connectivity index is 2.64. The molecule has 0 heterocycles. The lowest BCUT2D eigenvalue weighted by molar-refractivity contribution is 0.243. The molecule has 78 valence electrons. The van der Waals surface area contributed by atoms with Crippen LogP contribution >= 0.6 is 0 Å². The summed E-state index contributed by atoms with van der Waals surface area (Å²) in [5.41, 5.74) is 1.02. The van der Waals surface area contributed by atoms with Crippen molar-refractivity contribution in [3.05, 3.63) is 29.8 Å². The van der Waals surface area contributed by atoms with E-state index in [0.29, 0.717) is 0 Å². The van der Waals surface area contributed by atoms with E-state index in [4.69, 9.17) is 5.11 Å². The Bertz CT molecular complexity index is 288. The lowest BCUT2D eigenvalue weighted by Crippen LogP contribution is -2.31. The van der Waals surface area contributed by atoms with Crippen molar-refractivity contribution in [2.24, 2.45) is 0 Å². The van der Waals surface area contributed by atoms with Crippen molar-refractivity contribution in [2.45, 2.75) is 25.9 Å². The third kappa shape index (κ3) is 3.01. The normalized spacial score (nSPS) is 15.1. The fraction of sp³-hybridized carbons (Fsp3) is 0.455. The van der Waals surface area contributed by atoms with Crippen LogP contribution in [0.4, 0.5) is 0 Å². The van der Waals surface area contributed by atoms with E-state index < -0.39 is 0 Å². The van der Waals surface area contributed by atoms with E-state index in [1.807, 2.05) is 26.0 Å². The van der Waals surface area contributed by atoms with Crippen LogP contribution in [0.1, 0.15) is 25.5 Å². The highest BCUT2D eigenvalue weighted by atomic mass is 16.3. The van der Waals surface area contributed by atoms with Crippen molar-refractivity contribution in [2.75, 3.05) is 6.61 Å². The first-order chi connectivity index (χ1) is 6.63. The summed E-state index contributed by atoms with van der Waals surface area (Å²) >= 11 is 0. The van der Waals surface area contributed by atoms with Gasteiger partial charge in [0, 0.05) is 12.1 Å². The molecule has 14 heavy (non-hydrogen) atoms. The molecular formula is C11H17NO2. The lowest BCUT2D eigenvalue weighted by atomic mass is 10.1. The smallest absolute Gasteiger partial charge is 0.115 e. The second-order valence-corrected chi connectivity index (χ2v) is 3.57. The van der Waals surface area contributed by atoms with Crippen LogP contribution in [0.2, 0.25) is 0 Å².